The number of halogens is 1. The number of ether oxygens (including phenoxy) is 1. The van der Waals surface area contributed by atoms with Gasteiger partial charge in [0.2, 0.25) is 0 Å². The Bertz CT molecular complexity index is 837. The summed E-state index contributed by atoms with van der Waals surface area (Å²) in [6, 6.07) is 15.4. The first kappa shape index (κ1) is 17.0. The fraction of sp³-hybridized carbons (Fsp3) is 0.111. The number of nitrogen functional groups attached to an aromatic ring is 1. The second-order valence-electron chi connectivity index (χ2n) is 5.20. The Kier molecular flexibility index (Phi) is 5.35. The maximum atomic E-state index is 6.20. The largest absolute Gasteiger partial charge is 0.494 e. The van der Waals surface area contributed by atoms with Gasteiger partial charge in [0.15, 0.2) is 11.6 Å². The Morgan fingerprint density at radius 3 is 1.96 bits per heavy atom. The minimum atomic E-state index is 0.444. The maximum absolute atomic E-state index is 6.20. The van der Waals surface area contributed by atoms with Gasteiger partial charge in [0, 0.05) is 15.8 Å². The Balaban J connectivity index is 1.77. The molecule has 3 aromatic rings. The van der Waals surface area contributed by atoms with E-state index in [1.807, 2.05) is 55.5 Å². The summed E-state index contributed by atoms with van der Waals surface area (Å²) in [5, 5.41) is 6.39. The van der Waals surface area contributed by atoms with Crippen molar-refractivity contribution in [3.05, 3.63) is 59.3 Å². The van der Waals surface area contributed by atoms with Crippen molar-refractivity contribution in [1.29, 1.82) is 0 Å². The highest BCUT2D eigenvalue weighted by molar-refractivity contribution is 9.10. The van der Waals surface area contributed by atoms with E-state index in [1.165, 1.54) is 6.33 Å². The molecule has 6 nitrogen and oxygen atoms in total. The molecule has 0 saturated heterocycles. The number of rotatable bonds is 6. The maximum Gasteiger partial charge on any atom is 0.159 e. The Morgan fingerprint density at radius 1 is 0.920 bits per heavy atom. The fourth-order valence-electron chi connectivity index (χ4n) is 2.20. The highest BCUT2D eigenvalue weighted by Gasteiger charge is 2.09. The van der Waals surface area contributed by atoms with Gasteiger partial charge in [-0.15, -0.1) is 0 Å². The second-order valence-corrected chi connectivity index (χ2v) is 6.11. The van der Waals surface area contributed by atoms with Gasteiger partial charge in [-0.1, -0.05) is 15.9 Å². The van der Waals surface area contributed by atoms with Gasteiger partial charge >= 0.3 is 0 Å². The van der Waals surface area contributed by atoms with Gasteiger partial charge in [-0.3, -0.25) is 0 Å². The number of hydrogen-bond donors (Lipinski definition) is 3. The van der Waals surface area contributed by atoms with E-state index in [-0.39, 0.29) is 0 Å². The van der Waals surface area contributed by atoms with Crippen molar-refractivity contribution in [2.45, 2.75) is 6.92 Å². The summed E-state index contributed by atoms with van der Waals surface area (Å²) >= 11 is 3.41. The first-order valence-corrected chi connectivity index (χ1v) is 8.58. The normalized spacial score (nSPS) is 10.3. The van der Waals surface area contributed by atoms with Crippen LogP contribution in [0.5, 0.6) is 5.75 Å². The van der Waals surface area contributed by atoms with Crippen LogP contribution < -0.4 is 21.1 Å². The van der Waals surface area contributed by atoms with Gasteiger partial charge in [-0.2, -0.15) is 0 Å². The lowest BCUT2D eigenvalue weighted by Gasteiger charge is -2.13. The van der Waals surface area contributed by atoms with Gasteiger partial charge in [0.1, 0.15) is 17.8 Å². The summed E-state index contributed by atoms with van der Waals surface area (Å²) in [6.07, 6.45) is 1.47. The third-order valence-corrected chi connectivity index (χ3v) is 3.95. The third-order valence-electron chi connectivity index (χ3n) is 3.42. The van der Waals surface area contributed by atoms with Gasteiger partial charge in [0.05, 0.1) is 6.61 Å². The van der Waals surface area contributed by atoms with Crippen molar-refractivity contribution < 1.29 is 4.74 Å². The molecular weight excluding hydrogens is 382 g/mol. The smallest absolute Gasteiger partial charge is 0.159 e. The van der Waals surface area contributed by atoms with Crippen molar-refractivity contribution in [2.24, 2.45) is 0 Å². The lowest BCUT2D eigenvalue weighted by atomic mass is 10.3. The first-order valence-electron chi connectivity index (χ1n) is 7.78. The number of nitrogens with one attached hydrogen (secondary N) is 2. The summed E-state index contributed by atoms with van der Waals surface area (Å²) in [7, 11) is 0. The molecule has 25 heavy (non-hydrogen) atoms. The van der Waals surface area contributed by atoms with Crippen LogP contribution in [0.1, 0.15) is 6.92 Å². The fourth-order valence-corrected chi connectivity index (χ4v) is 2.47. The number of nitrogens with two attached hydrogens (primary N) is 1. The molecule has 0 radical (unpaired) electrons. The van der Waals surface area contributed by atoms with Gasteiger partial charge < -0.3 is 21.1 Å². The van der Waals surface area contributed by atoms with Crippen LogP contribution in [0.15, 0.2) is 59.3 Å². The summed E-state index contributed by atoms with van der Waals surface area (Å²) in [6.45, 7) is 2.59. The molecule has 0 fully saturated rings. The molecule has 128 valence electrons. The van der Waals surface area contributed by atoms with E-state index in [9.17, 15) is 0 Å². The predicted molar refractivity (Wildman–Crippen MR) is 105 cm³/mol. The molecule has 1 heterocycles. The van der Waals surface area contributed by atoms with Crippen LogP contribution in [0.4, 0.5) is 28.7 Å². The van der Waals surface area contributed by atoms with Crippen molar-refractivity contribution in [3.63, 3.8) is 0 Å². The van der Waals surface area contributed by atoms with E-state index in [0.29, 0.717) is 23.9 Å². The van der Waals surface area contributed by atoms with E-state index in [2.05, 4.69) is 36.5 Å². The number of hydrogen-bond acceptors (Lipinski definition) is 6. The predicted octanol–water partition coefficient (Wildman–Crippen LogP) is 4.71. The number of nitrogens with zero attached hydrogens (tertiary/aromatic N) is 2. The van der Waals surface area contributed by atoms with Gasteiger partial charge in [-0.05, 0) is 55.5 Å². The Hall–Kier alpha value is -2.80. The SMILES string of the molecule is CCOc1ccc(Nc2ncnc(Nc3ccc(Br)cc3)c2N)cc1. The molecule has 1 aromatic heterocycles. The molecular formula is C18H18BrN5O. The third kappa shape index (κ3) is 4.39. The minimum absolute atomic E-state index is 0.444. The molecule has 4 N–H and O–H groups in total. The monoisotopic (exact) mass is 399 g/mol. The summed E-state index contributed by atoms with van der Waals surface area (Å²) in [5.74, 6) is 1.91. The average Bonchev–Trinajstić information content (AvgIpc) is 2.62. The van der Waals surface area contributed by atoms with Crippen LogP contribution in [-0.4, -0.2) is 16.6 Å². The number of aromatic nitrogens is 2. The molecule has 0 aliphatic heterocycles. The van der Waals surface area contributed by atoms with Crippen LogP contribution in [0, 0.1) is 0 Å². The number of anilines is 5. The zero-order valence-electron chi connectivity index (χ0n) is 13.7. The van der Waals surface area contributed by atoms with E-state index in [0.717, 1.165) is 21.6 Å². The van der Waals surface area contributed by atoms with E-state index in [1.54, 1.807) is 0 Å². The van der Waals surface area contributed by atoms with Crippen LogP contribution >= 0.6 is 15.9 Å². The van der Waals surface area contributed by atoms with Crippen LogP contribution in [-0.2, 0) is 0 Å². The van der Waals surface area contributed by atoms with Crippen LogP contribution in [0.25, 0.3) is 0 Å². The zero-order chi connectivity index (χ0) is 17.6. The highest BCUT2D eigenvalue weighted by atomic mass is 79.9. The molecule has 2 aromatic carbocycles. The summed E-state index contributed by atoms with van der Waals surface area (Å²) in [5.41, 5.74) is 8.40. The molecule has 0 amide bonds. The van der Waals surface area contributed by atoms with E-state index >= 15 is 0 Å². The lowest BCUT2D eigenvalue weighted by molar-refractivity contribution is 0.340. The quantitative estimate of drug-likeness (QED) is 0.556. The van der Waals surface area contributed by atoms with Crippen LogP contribution in [0.2, 0.25) is 0 Å². The Labute approximate surface area is 154 Å². The molecule has 0 aliphatic carbocycles. The van der Waals surface area contributed by atoms with Crippen molar-refractivity contribution in [2.75, 3.05) is 23.0 Å². The molecule has 0 aliphatic rings. The van der Waals surface area contributed by atoms with E-state index in [4.69, 9.17) is 10.5 Å². The van der Waals surface area contributed by atoms with Crippen molar-refractivity contribution in [3.8, 4) is 5.75 Å². The standard InChI is InChI=1S/C18H18BrN5O/c1-2-25-15-9-7-14(8-10-15)24-18-16(20)17(21-11-22-18)23-13-5-3-12(19)4-6-13/h3-11H,2,20H2,1H3,(H2,21,22,23,24). The second kappa shape index (κ2) is 7.85. The molecule has 0 atom stereocenters. The molecule has 0 saturated carbocycles. The zero-order valence-corrected chi connectivity index (χ0v) is 15.2. The topological polar surface area (TPSA) is 85.1 Å². The molecule has 7 heteroatoms. The molecule has 0 spiro atoms. The highest BCUT2D eigenvalue weighted by Crippen LogP contribution is 2.29. The van der Waals surface area contributed by atoms with Gasteiger partial charge in [0.25, 0.3) is 0 Å². The Morgan fingerprint density at radius 2 is 1.44 bits per heavy atom. The van der Waals surface area contributed by atoms with E-state index < -0.39 is 0 Å². The summed E-state index contributed by atoms with van der Waals surface area (Å²) < 4.78 is 6.44. The average molecular weight is 400 g/mol. The minimum Gasteiger partial charge on any atom is -0.494 e. The molecule has 0 unspecified atom stereocenters. The summed E-state index contributed by atoms with van der Waals surface area (Å²) in [4.78, 5) is 8.44. The molecule has 0 bridgehead atoms. The van der Waals surface area contributed by atoms with Crippen LogP contribution in [0.3, 0.4) is 0 Å². The number of benzene rings is 2. The lowest BCUT2D eigenvalue weighted by Crippen LogP contribution is -2.05. The van der Waals surface area contributed by atoms with Crippen molar-refractivity contribution >= 4 is 44.6 Å². The first-order chi connectivity index (χ1) is 12.2. The van der Waals surface area contributed by atoms with Gasteiger partial charge in [-0.25, -0.2) is 9.97 Å². The van der Waals surface area contributed by atoms with Crippen molar-refractivity contribution in [1.82, 2.24) is 9.97 Å². The molecule has 3 rings (SSSR count).